The van der Waals surface area contributed by atoms with E-state index in [1.807, 2.05) is 0 Å². The molecule has 0 aliphatic heterocycles. The van der Waals surface area contributed by atoms with Crippen molar-refractivity contribution in [3.63, 3.8) is 0 Å². The molecule has 1 N–H and O–H groups in total. The Morgan fingerprint density at radius 1 is 1.21 bits per heavy atom. The van der Waals surface area contributed by atoms with Crippen molar-refractivity contribution in [1.29, 1.82) is 0 Å². The van der Waals surface area contributed by atoms with Crippen LogP contribution in [-0.2, 0) is 9.53 Å². The van der Waals surface area contributed by atoms with Gasteiger partial charge in [0.15, 0.2) is 0 Å². The number of aliphatic hydroxyl groups excluding tert-OH is 1. The van der Waals surface area contributed by atoms with Crippen molar-refractivity contribution in [2.45, 2.75) is 6.42 Å². The zero-order chi connectivity index (χ0) is 13.9. The molecule has 0 heterocycles. The Balaban J connectivity index is 2.31. The molecule has 1 rings (SSSR count). The summed E-state index contributed by atoms with van der Waals surface area (Å²) in [5, 5.41) is 8.63. The Kier molecular flexibility index (Phi) is 7.12. The largest absolute Gasteiger partial charge is 0.494 e. The van der Waals surface area contributed by atoms with E-state index in [0.717, 1.165) is 5.75 Å². The van der Waals surface area contributed by atoms with Gasteiger partial charge in [0, 0.05) is 19.1 Å². The van der Waals surface area contributed by atoms with Crippen LogP contribution >= 0.6 is 0 Å². The van der Waals surface area contributed by atoms with Crippen LogP contribution in [0.3, 0.4) is 0 Å². The van der Waals surface area contributed by atoms with Crippen LogP contribution in [-0.4, -0.2) is 38.0 Å². The Morgan fingerprint density at radius 3 is 2.42 bits per heavy atom. The minimum atomic E-state index is -0.406. The number of benzene rings is 1. The van der Waals surface area contributed by atoms with Gasteiger partial charge in [-0.05, 0) is 30.3 Å². The molecule has 0 fully saturated rings. The zero-order valence-corrected chi connectivity index (χ0v) is 10.9. The molecule has 0 aliphatic rings. The lowest BCUT2D eigenvalue weighted by Gasteiger charge is -2.06. The molecule has 0 saturated carbocycles. The molecule has 0 bridgehead atoms. The van der Waals surface area contributed by atoms with Crippen molar-refractivity contribution in [1.82, 2.24) is 0 Å². The first kappa shape index (κ1) is 15.0. The van der Waals surface area contributed by atoms with E-state index in [0.29, 0.717) is 25.4 Å². The highest BCUT2D eigenvalue weighted by Crippen LogP contribution is 2.17. The Labute approximate surface area is 112 Å². The number of hydrogen-bond donors (Lipinski definition) is 1. The highest BCUT2D eigenvalue weighted by molar-refractivity contribution is 5.81. The average molecular weight is 266 g/mol. The first-order chi connectivity index (χ1) is 9.26. The van der Waals surface area contributed by atoms with E-state index in [4.69, 9.17) is 14.6 Å². The topological polar surface area (TPSA) is 65.0 Å². The summed E-state index contributed by atoms with van der Waals surface area (Å²) < 4.78 is 15.2. The third-order valence-electron chi connectivity index (χ3n) is 2.20. The van der Waals surface area contributed by atoms with Gasteiger partial charge in [-0.1, -0.05) is 0 Å². The van der Waals surface area contributed by atoms with E-state index in [2.05, 4.69) is 4.74 Å². The van der Waals surface area contributed by atoms with Crippen molar-refractivity contribution in [3.05, 3.63) is 36.4 Å². The summed E-state index contributed by atoms with van der Waals surface area (Å²) in [5.41, 5.74) is 0. The van der Waals surface area contributed by atoms with Crippen molar-refractivity contribution >= 4 is 5.97 Å². The van der Waals surface area contributed by atoms with Gasteiger partial charge >= 0.3 is 5.97 Å². The van der Waals surface area contributed by atoms with Crippen molar-refractivity contribution < 1.29 is 24.1 Å². The maximum atomic E-state index is 10.8. The molecule has 0 saturated heterocycles. The smallest absolute Gasteiger partial charge is 0.330 e. The molecule has 1 aromatic carbocycles. The van der Waals surface area contributed by atoms with Gasteiger partial charge in [-0.2, -0.15) is 0 Å². The zero-order valence-electron chi connectivity index (χ0n) is 10.9. The molecular weight excluding hydrogens is 248 g/mol. The summed E-state index contributed by atoms with van der Waals surface area (Å²) in [4.78, 5) is 10.8. The first-order valence-electron chi connectivity index (χ1n) is 5.97. The summed E-state index contributed by atoms with van der Waals surface area (Å²) in [6.07, 6.45) is 3.50. The van der Waals surface area contributed by atoms with Gasteiger partial charge in [0.25, 0.3) is 0 Å². The van der Waals surface area contributed by atoms with Crippen LogP contribution in [0, 0.1) is 0 Å². The van der Waals surface area contributed by atoms with Crippen molar-refractivity contribution in [2.24, 2.45) is 0 Å². The minimum Gasteiger partial charge on any atom is -0.494 e. The predicted molar refractivity (Wildman–Crippen MR) is 70.3 cm³/mol. The molecule has 0 spiro atoms. The van der Waals surface area contributed by atoms with Gasteiger partial charge in [-0.3, -0.25) is 0 Å². The van der Waals surface area contributed by atoms with Gasteiger partial charge in [0.05, 0.1) is 13.7 Å². The molecule has 0 unspecified atom stereocenters. The average Bonchev–Trinajstić information content (AvgIpc) is 2.45. The number of rotatable bonds is 8. The van der Waals surface area contributed by atoms with Gasteiger partial charge < -0.3 is 19.3 Å². The van der Waals surface area contributed by atoms with E-state index in [1.165, 1.54) is 13.2 Å². The fraction of sp³-hybridized carbons (Fsp3) is 0.357. The molecule has 104 valence electrons. The predicted octanol–water partition coefficient (Wildman–Crippen LogP) is 1.56. The standard InChI is InChI=1S/C14H18O5/c1-17-14(16)4-2-10-18-12-5-7-13(8-6-12)19-11-3-9-15/h2,4-8,15H,3,9-11H2,1H3. The fourth-order valence-corrected chi connectivity index (χ4v) is 1.24. The molecule has 5 heteroatoms. The van der Waals surface area contributed by atoms with E-state index >= 15 is 0 Å². The summed E-state index contributed by atoms with van der Waals surface area (Å²) in [5.74, 6) is 1.01. The number of esters is 1. The molecule has 0 aromatic heterocycles. The molecular formula is C14H18O5. The highest BCUT2D eigenvalue weighted by atomic mass is 16.5. The van der Waals surface area contributed by atoms with E-state index < -0.39 is 5.97 Å². The summed E-state index contributed by atoms with van der Waals surface area (Å²) in [6.45, 7) is 0.895. The van der Waals surface area contributed by atoms with Crippen LogP contribution in [0.2, 0.25) is 0 Å². The molecule has 0 aliphatic carbocycles. The van der Waals surface area contributed by atoms with Crippen LogP contribution in [0.25, 0.3) is 0 Å². The molecule has 0 radical (unpaired) electrons. The van der Waals surface area contributed by atoms with Gasteiger partial charge in [-0.25, -0.2) is 4.79 Å². The molecule has 0 atom stereocenters. The lowest BCUT2D eigenvalue weighted by Crippen LogP contribution is -2.00. The summed E-state index contributed by atoms with van der Waals surface area (Å²) >= 11 is 0. The summed E-state index contributed by atoms with van der Waals surface area (Å²) in [7, 11) is 1.32. The minimum absolute atomic E-state index is 0.119. The third kappa shape index (κ3) is 6.47. The number of aliphatic hydroxyl groups is 1. The number of carbonyl (C=O) groups excluding carboxylic acids is 1. The number of carbonyl (C=O) groups is 1. The first-order valence-corrected chi connectivity index (χ1v) is 5.97. The number of methoxy groups -OCH3 is 1. The van der Waals surface area contributed by atoms with Crippen LogP contribution in [0.5, 0.6) is 11.5 Å². The quantitative estimate of drug-likeness (QED) is 0.439. The van der Waals surface area contributed by atoms with Crippen LogP contribution in [0.1, 0.15) is 6.42 Å². The Bertz CT molecular complexity index is 397. The van der Waals surface area contributed by atoms with E-state index in [9.17, 15) is 4.79 Å². The summed E-state index contributed by atoms with van der Waals surface area (Å²) in [6, 6.07) is 7.13. The second kappa shape index (κ2) is 8.99. The molecule has 0 amide bonds. The maximum Gasteiger partial charge on any atom is 0.330 e. The Hall–Kier alpha value is -2.01. The SMILES string of the molecule is COC(=O)C=CCOc1ccc(OCCCO)cc1. The monoisotopic (exact) mass is 266 g/mol. The highest BCUT2D eigenvalue weighted by Gasteiger charge is 1.96. The second-order valence-electron chi connectivity index (χ2n) is 3.63. The maximum absolute atomic E-state index is 10.8. The second-order valence-corrected chi connectivity index (χ2v) is 3.63. The van der Waals surface area contributed by atoms with Gasteiger partial charge in [0.2, 0.25) is 0 Å². The van der Waals surface area contributed by atoms with Gasteiger partial charge in [-0.15, -0.1) is 0 Å². The number of hydrogen-bond acceptors (Lipinski definition) is 5. The van der Waals surface area contributed by atoms with Crippen LogP contribution < -0.4 is 9.47 Å². The molecule has 1 aromatic rings. The lowest BCUT2D eigenvalue weighted by atomic mass is 10.3. The molecule has 19 heavy (non-hydrogen) atoms. The van der Waals surface area contributed by atoms with Crippen molar-refractivity contribution in [2.75, 3.05) is 26.9 Å². The van der Waals surface area contributed by atoms with Crippen molar-refractivity contribution in [3.8, 4) is 11.5 Å². The fourth-order valence-electron chi connectivity index (χ4n) is 1.24. The normalized spacial score (nSPS) is 10.4. The third-order valence-corrected chi connectivity index (χ3v) is 2.20. The number of ether oxygens (including phenoxy) is 3. The Morgan fingerprint density at radius 2 is 1.84 bits per heavy atom. The van der Waals surface area contributed by atoms with Crippen LogP contribution in [0.4, 0.5) is 0 Å². The van der Waals surface area contributed by atoms with Gasteiger partial charge in [0.1, 0.15) is 18.1 Å². The van der Waals surface area contributed by atoms with Crippen LogP contribution in [0.15, 0.2) is 36.4 Å². The molecule has 5 nitrogen and oxygen atoms in total. The lowest BCUT2D eigenvalue weighted by molar-refractivity contribution is -0.134. The van der Waals surface area contributed by atoms with E-state index in [-0.39, 0.29) is 6.61 Å². The van der Waals surface area contributed by atoms with E-state index in [1.54, 1.807) is 30.3 Å².